The van der Waals surface area contributed by atoms with Gasteiger partial charge in [0.1, 0.15) is 5.75 Å². The predicted octanol–water partition coefficient (Wildman–Crippen LogP) is 5.78. The number of ether oxygens (including phenoxy) is 1. The van der Waals surface area contributed by atoms with Crippen molar-refractivity contribution in [1.82, 2.24) is 14.9 Å². The molecular weight excluding hydrogens is 420 g/mol. The van der Waals surface area contributed by atoms with Crippen LogP contribution in [-0.2, 0) is 19.5 Å². The Balaban J connectivity index is 1.45. The standard InChI is InChI=1S/C26H29ClN4O/c1-19-9-11-21(12-10-19)32-25-22-18-30(17-20-7-3-4-8-23(20)27)16-13-24(22)28-26(29-25)31-14-5-2-6-15-31/h3-4,7-12H,2,5-6,13-18H2,1H3. The Morgan fingerprint density at radius 1 is 0.938 bits per heavy atom. The zero-order chi connectivity index (χ0) is 21.9. The van der Waals surface area contributed by atoms with E-state index in [4.69, 9.17) is 26.3 Å². The van der Waals surface area contributed by atoms with Crippen LogP contribution in [0.1, 0.15) is 41.6 Å². The number of anilines is 1. The summed E-state index contributed by atoms with van der Waals surface area (Å²) in [6.45, 7) is 6.61. The number of piperidine rings is 1. The molecule has 0 aliphatic carbocycles. The summed E-state index contributed by atoms with van der Waals surface area (Å²) < 4.78 is 6.36. The molecule has 0 amide bonds. The number of hydrogen-bond acceptors (Lipinski definition) is 5. The highest BCUT2D eigenvalue weighted by atomic mass is 35.5. The van der Waals surface area contributed by atoms with Crippen LogP contribution in [0.3, 0.4) is 0 Å². The Kier molecular flexibility index (Phi) is 6.28. The molecule has 1 aromatic heterocycles. The molecule has 5 nitrogen and oxygen atoms in total. The molecule has 1 saturated heterocycles. The summed E-state index contributed by atoms with van der Waals surface area (Å²) in [5, 5.41) is 0.811. The first-order chi connectivity index (χ1) is 15.7. The fourth-order valence-electron chi connectivity index (χ4n) is 4.47. The summed E-state index contributed by atoms with van der Waals surface area (Å²) in [5.41, 5.74) is 4.55. The van der Waals surface area contributed by atoms with Crippen molar-refractivity contribution in [3.63, 3.8) is 0 Å². The third-order valence-electron chi connectivity index (χ3n) is 6.32. The van der Waals surface area contributed by atoms with Crippen LogP contribution in [0, 0.1) is 6.92 Å². The van der Waals surface area contributed by atoms with Crippen LogP contribution in [0.25, 0.3) is 0 Å². The molecule has 3 aromatic rings. The lowest BCUT2D eigenvalue weighted by molar-refractivity contribution is 0.238. The highest BCUT2D eigenvalue weighted by molar-refractivity contribution is 6.31. The number of halogens is 1. The smallest absolute Gasteiger partial charge is 0.228 e. The van der Waals surface area contributed by atoms with E-state index in [0.29, 0.717) is 5.88 Å². The zero-order valence-corrected chi connectivity index (χ0v) is 19.3. The van der Waals surface area contributed by atoms with E-state index < -0.39 is 0 Å². The largest absolute Gasteiger partial charge is 0.439 e. The van der Waals surface area contributed by atoms with Gasteiger partial charge in [-0.15, -0.1) is 0 Å². The lowest BCUT2D eigenvalue weighted by Gasteiger charge is -2.32. The van der Waals surface area contributed by atoms with E-state index in [-0.39, 0.29) is 0 Å². The predicted molar refractivity (Wildman–Crippen MR) is 129 cm³/mol. The van der Waals surface area contributed by atoms with Crippen molar-refractivity contribution >= 4 is 17.5 Å². The quantitative estimate of drug-likeness (QED) is 0.495. The summed E-state index contributed by atoms with van der Waals surface area (Å²) >= 11 is 6.42. The summed E-state index contributed by atoms with van der Waals surface area (Å²) in [5.74, 6) is 2.30. The van der Waals surface area contributed by atoms with Crippen molar-refractivity contribution in [2.24, 2.45) is 0 Å². The second-order valence-electron chi connectivity index (χ2n) is 8.77. The maximum absolute atomic E-state index is 6.42. The van der Waals surface area contributed by atoms with Gasteiger partial charge in [0.25, 0.3) is 0 Å². The second kappa shape index (κ2) is 9.47. The Labute approximate surface area is 195 Å². The molecule has 3 heterocycles. The molecule has 1 fully saturated rings. The molecule has 0 N–H and O–H groups in total. The van der Waals surface area contributed by atoms with E-state index in [9.17, 15) is 0 Å². The number of nitrogens with zero attached hydrogens (tertiary/aromatic N) is 4. The Bertz CT molecular complexity index is 1080. The summed E-state index contributed by atoms with van der Waals surface area (Å²) in [6, 6.07) is 16.2. The van der Waals surface area contributed by atoms with Gasteiger partial charge < -0.3 is 9.64 Å². The molecule has 0 saturated carbocycles. The fraction of sp³-hybridized carbons (Fsp3) is 0.385. The molecule has 2 aliphatic heterocycles. The molecule has 0 radical (unpaired) electrons. The topological polar surface area (TPSA) is 41.5 Å². The van der Waals surface area contributed by atoms with Gasteiger partial charge in [-0.25, -0.2) is 4.98 Å². The van der Waals surface area contributed by atoms with Gasteiger partial charge in [-0.3, -0.25) is 4.90 Å². The molecule has 0 spiro atoms. The zero-order valence-electron chi connectivity index (χ0n) is 18.6. The van der Waals surface area contributed by atoms with E-state index in [1.165, 1.54) is 24.8 Å². The van der Waals surface area contributed by atoms with Crippen molar-refractivity contribution in [2.75, 3.05) is 24.5 Å². The number of fused-ring (bicyclic) bond motifs is 1. The average Bonchev–Trinajstić information content (AvgIpc) is 2.83. The number of hydrogen-bond donors (Lipinski definition) is 0. The summed E-state index contributed by atoms with van der Waals surface area (Å²) in [4.78, 5) is 14.6. The monoisotopic (exact) mass is 448 g/mol. The fourth-order valence-corrected chi connectivity index (χ4v) is 4.66. The first-order valence-corrected chi connectivity index (χ1v) is 11.9. The van der Waals surface area contributed by atoms with Gasteiger partial charge in [0, 0.05) is 44.2 Å². The lowest BCUT2D eigenvalue weighted by Crippen LogP contribution is -2.34. The van der Waals surface area contributed by atoms with Crippen molar-refractivity contribution in [3.8, 4) is 11.6 Å². The second-order valence-corrected chi connectivity index (χ2v) is 9.18. The Morgan fingerprint density at radius 3 is 2.50 bits per heavy atom. The summed E-state index contributed by atoms with van der Waals surface area (Å²) in [6.07, 6.45) is 4.55. The highest BCUT2D eigenvalue weighted by Crippen LogP contribution is 2.33. The molecule has 6 heteroatoms. The number of aromatic nitrogens is 2. The molecule has 0 unspecified atom stereocenters. The number of aryl methyl sites for hydroxylation is 1. The summed E-state index contributed by atoms with van der Waals surface area (Å²) in [7, 11) is 0. The molecule has 5 rings (SSSR count). The van der Waals surface area contributed by atoms with E-state index in [0.717, 1.165) is 72.7 Å². The van der Waals surface area contributed by atoms with E-state index in [1.54, 1.807) is 0 Å². The average molecular weight is 449 g/mol. The van der Waals surface area contributed by atoms with Crippen LogP contribution in [0.2, 0.25) is 5.02 Å². The molecule has 2 aromatic carbocycles. The van der Waals surface area contributed by atoms with E-state index in [1.807, 2.05) is 30.3 Å². The maximum atomic E-state index is 6.42. The first-order valence-electron chi connectivity index (χ1n) is 11.5. The van der Waals surface area contributed by atoms with E-state index in [2.05, 4.69) is 34.9 Å². The molecule has 0 bridgehead atoms. The third kappa shape index (κ3) is 4.74. The van der Waals surface area contributed by atoms with Gasteiger partial charge in [-0.2, -0.15) is 4.98 Å². The van der Waals surface area contributed by atoms with Crippen molar-refractivity contribution < 1.29 is 4.74 Å². The minimum absolute atomic E-state index is 0.684. The van der Waals surface area contributed by atoms with Gasteiger partial charge >= 0.3 is 0 Å². The Hall–Kier alpha value is -2.63. The number of benzene rings is 2. The normalized spacial score (nSPS) is 16.6. The molecule has 2 aliphatic rings. The lowest BCUT2D eigenvalue weighted by atomic mass is 10.1. The van der Waals surface area contributed by atoms with Crippen LogP contribution < -0.4 is 9.64 Å². The SMILES string of the molecule is Cc1ccc(Oc2nc(N3CCCCC3)nc3c2CN(Cc2ccccc2Cl)CC3)cc1. The third-order valence-corrected chi connectivity index (χ3v) is 6.68. The molecule has 32 heavy (non-hydrogen) atoms. The van der Waals surface area contributed by atoms with Crippen molar-refractivity contribution in [3.05, 3.63) is 75.9 Å². The Morgan fingerprint density at radius 2 is 1.72 bits per heavy atom. The van der Waals surface area contributed by atoms with Gasteiger partial charge in [0.2, 0.25) is 11.8 Å². The molecular formula is C26H29ClN4O. The van der Waals surface area contributed by atoms with Crippen LogP contribution in [0.5, 0.6) is 11.6 Å². The van der Waals surface area contributed by atoms with Crippen molar-refractivity contribution in [1.29, 1.82) is 0 Å². The van der Waals surface area contributed by atoms with Crippen LogP contribution >= 0.6 is 11.6 Å². The minimum atomic E-state index is 0.684. The van der Waals surface area contributed by atoms with Crippen LogP contribution in [0.4, 0.5) is 5.95 Å². The van der Waals surface area contributed by atoms with Gasteiger partial charge in [-0.05, 0) is 49.9 Å². The van der Waals surface area contributed by atoms with Gasteiger partial charge in [0.05, 0.1) is 11.3 Å². The molecule has 166 valence electrons. The van der Waals surface area contributed by atoms with Gasteiger partial charge in [0.15, 0.2) is 0 Å². The minimum Gasteiger partial charge on any atom is -0.439 e. The van der Waals surface area contributed by atoms with Gasteiger partial charge in [-0.1, -0.05) is 47.5 Å². The molecule has 0 atom stereocenters. The van der Waals surface area contributed by atoms with Crippen LogP contribution in [-0.4, -0.2) is 34.5 Å². The highest BCUT2D eigenvalue weighted by Gasteiger charge is 2.26. The van der Waals surface area contributed by atoms with E-state index >= 15 is 0 Å². The van der Waals surface area contributed by atoms with Crippen LogP contribution in [0.15, 0.2) is 48.5 Å². The first kappa shape index (κ1) is 21.2. The maximum Gasteiger partial charge on any atom is 0.228 e. The van der Waals surface area contributed by atoms with Crippen molar-refractivity contribution in [2.45, 2.75) is 45.7 Å². The number of rotatable bonds is 5.